The number of nitriles is 1. The Morgan fingerprint density at radius 2 is 2.18 bits per heavy atom. The van der Waals surface area contributed by atoms with Gasteiger partial charge < -0.3 is 9.47 Å². The first-order valence-electron chi connectivity index (χ1n) is 5.55. The molecular weight excluding hydrogens is 218 g/mol. The number of para-hydroxylation sites is 1. The largest absolute Gasteiger partial charge is 0.492 e. The van der Waals surface area contributed by atoms with Gasteiger partial charge in [0.05, 0.1) is 18.8 Å². The van der Waals surface area contributed by atoms with Crippen LogP contribution >= 0.6 is 0 Å². The second kappa shape index (κ2) is 7.29. The zero-order valence-electron chi connectivity index (χ0n) is 9.81. The van der Waals surface area contributed by atoms with Gasteiger partial charge in [-0.25, -0.2) is 0 Å². The van der Waals surface area contributed by atoms with Crippen LogP contribution < -0.4 is 4.74 Å². The van der Waals surface area contributed by atoms with Crippen molar-refractivity contribution in [3.05, 3.63) is 29.8 Å². The molecule has 0 aliphatic carbocycles. The summed E-state index contributed by atoms with van der Waals surface area (Å²) in [6, 6.07) is 9.07. The number of carbonyl (C=O) groups excluding carboxylic acids is 1. The molecule has 0 aliphatic rings. The Morgan fingerprint density at radius 1 is 1.41 bits per heavy atom. The molecule has 0 saturated heterocycles. The highest BCUT2D eigenvalue weighted by atomic mass is 16.5. The molecule has 0 amide bonds. The normalized spacial score (nSPS) is 9.41. The van der Waals surface area contributed by atoms with E-state index in [0.717, 1.165) is 0 Å². The van der Waals surface area contributed by atoms with Crippen molar-refractivity contribution in [3.8, 4) is 11.8 Å². The maximum absolute atomic E-state index is 11.0. The summed E-state index contributed by atoms with van der Waals surface area (Å²) >= 11 is 0. The van der Waals surface area contributed by atoms with E-state index in [9.17, 15) is 4.79 Å². The molecule has 0 spiro atoms. The number of esters is 1. The maximum Gasteiger partial charge on any atom is 0.305 e. The third kappa shape index (κ3) is 4.56. The highest BCUT2D eigenvalue weighted by molar-refractivity contribution is 5.69. The summed E-state index contributed by atoms with van der Waals surface area (Å²) < 4.78 is 10.2. The van der Waals surface area contributed by atoms with Gasteiger partial charge in [0.15, 0.2) is 0 Å². The van der Waals surface area contributed by atoms with E-state index in [1.807, 2.05) is 12.1 Å². The summed E-state index contributed by atoms with van der Waals surface area (Å²) in [5, 5.41) is 8.83. The number of nitrogens with zero attached hydrogens (tertiary/aromatic N) is 1. The van der Waals surface area contributed by atoms with Crippen molar-refractivity contribution in [2.45, 2.75) is 19.8 Å². The molecule has 1 aromatic carbocycles. The number of ether oxygens (including phenoxy) is 2. The second-order valence-electron chi connectivity index (χ2n) is 3.36. The van der Waals surface area contributed by atoms with Crippen molar-refractivity contribution in [3.63, 3.8) is 0 Å². The standard InChI is InChI=1S/C13H15NO3/c1-2-16-13(15)8-5-9-17-12-7-4-3-6-11(12)10-14/h3-4,6-7H,2,5,8-9H2,1H3. The first-order chi connectivity index (χ1) is 8.27. The zero-order chi connectivity index (χ0) is 12.5. The minimum absolute atomic E-state index is 0.218. The van der Waals surface area contributed by atoms with Gasteiger partial charge >= 0.3 is 5.97 Å². The van der Waals surface area contributed by atoms with E-state index in [2.05, 4.69) is 0 Å². The molecule has 0 N–H and O–H groups in total. The van der Waals surface area contributed by atoms with Crippen LogP contribution in [0.2, 0.25) is 0 Å². The number of benzene rings is 1. The Bertz CT molecular complexity index is 409. The topological polar surface area (TPSA) is 59.3 Å². The van der Waals surface area contributed by atoms with Crippen LogP contribution in [0.1, 0.15) is 25.3 Å². The summed E-state index contributed by atoms with van der Waals surface area (Å²) in [6.07, 6.45) is 0.918. The summed E-state index contributed by atoms with van der Waals surface area (Å²) in [5.41, 5.74) is 0.503. The molecular formula is C13H15NO3. The quantitative estimate of drug-likeness (QED) is 0.558. The van der Waals surface area contributed by atoms with Crippen LogP contribution in [-0.4, -0.2) is 19.2 Å². The molecule has 0 radical (unpaired) electrons. The van der Waals surface area contributed by atoms with E-state index < -0.39 is 0 Å². The van der Waals surface area contributed by atoms with Gasteiger partial charge in [0.25, 0.3) is 0 Å². The summed E-state index contributed by atoms with van der Waals surface area (Å²) in [4.78, 5) is 11.0. The second-order valence-corrected chi connectivity index (χ2v) is 3.36. The molecule has 0 fully saturated rings. The van der Waals surface area contributed by atoms with Crippen LogP contribution in [-0.2, 0) is 9.53 Å². The fraction of sp³-hybridized carbons (Fsp3) is 0.385. The molecule has 0 atom stereocenters. The minimum atomic E-state index is -0.218. The van der Waals surface area contributed by atoms with E-state index >= 15 is 0 Å². The summed E-state index contributed by atoms with van der Waals surface area (Å²) in [6.45, 7) is 2.58. The van der Waals surface area contributed by atoms with Crippen molar-refractivity contribution in [2.24, 2.45) is 0 Å². The number of rotatable bonds is 6. The van der Waals surface area contributed by atoms with Crippen molar-refractivity contribution in [2.75, 3.05) is 13.2 Å². The predicted molar refractivity (Wildman–Crippen MR) is 62.5 cm³/mol. The number of hydrogen-bond donors (Lipinski definition) is 0. The van der Waals surface area contributed by atoms with Gasteiger partial charge in [0.2, 0.25) is 0 Å². The predicted octanol–water partition coefficient (Wildman–Crippen LogP) is 2.28. The van der Waals surface area contributed by atoms with E-state index in [4.69, 9.17) is 14.7 Å². The first-order valence-corrected chi connectivity index (χ1v) is 5.55. The van der Waals surface area contributed by atoms with Gasteiger partial charge in [0, 0.05) is 6.42 Å². The highest BCUT2D eigenvalue weighted by Crippen LogP contribution is 2.16. The van der Waals surface area contributed by atoms with Gasteiger partial charge in [-0.05, 0) is 25.5 Å². The lowest BCUT2D eigenvalue weighted by Gasteiger charge is -2.07. The lowest BCUT2D eigenvalue weighted by molar-refractivity contribution is -0.143. The van der Waals surface area contributed by atoms with Crippen LogP contribution in [0.25, 0.3) is 0 Å². The molecule has 0 unspecified atom stereocenters. The minimum Gasteiger partial charge on any atom is -0.492 e. The van der Waals surface area contributed by atoms with Crippen LogP contribution in [0, 0.1) is 11.3 Å². The lowest BCUT2D eigenvalue weighted by atomic mass is 10.2. The van der Waals surface area contributed by atoms with Crippen LogP contribution in [0.4, 0.5) is 0 Å². The Morgan fingerprint density at radius 3 is 2.88 bits per heavy atom. The van der Waals surface area contributed by atoms with Crippen LogP contribution in [0.15, 0.2) is 24.3 Å². The van der Waals surface area contributed by atoms with Crippen molar-refractivity contribution >= 4 is 5.97 Å². The first kappa shape index (κ1) is 13.0. The SMILES string of the molecule is CCOC(=O)CCCOc1ccccc1C#N. The molecule has 1 aromatic rings. The molecule has 4 nitrogen and oxygen atoms in total. The zero-order valence-corrected chi connectivity index (χ0v) is 9.81. The Balaban J connectivity index is 2.32. The molecule has 0 aliphatic heterocycles. The van der Waals surface area contributed by atoms with E-state index in [-0.39, 0.29) is 5.97 Å². The Hall–Kier alpha value is -2.02. The van der Waals surface area contributed by atoms with Gasteiger partial charge in [-0.15, -0.1) is 0 Å². The maximum atomic E-state index is 11.0. The van der Waals surface area contributed by atoms with E-state index in [0.29, 0.717) is 37.4 Å². The van der Waals surface area contributed by atoms with Crippen LogP contribution in [0.3, 0.4) is 0 Å². The van der Waals surface area contributed by atoms with Gasteiger partial charge in [-0.3, -0.25) is 4.79 Å². The van der Waals surface area contributed by atoms with Gasteiger partial charge in [0.1, 0.15) is 11.8 Å². The van der Waals surface area contributed by atoms with E-state index in [1.165, 1.54) is 0 Å². The Labute approximate surface area is 101 Å². The Kier molecular flexibility index (Phi) is 5.59. The van der Waals surface area contributed by atoms with Gasteiger partial charge in [-0.1, -0.05) is 12.1 Å². The monoisotopic (exact) mass is 233 g/mol. The third-order valence-corrected chi connectivity index (χ3v) is 2.10. The molecule has 0 saturated carbocycles. The fourth-order valence-electron chi connectivity index (χ4n) is 1.32. The smallest absolute Gasteiger partial charge is 0.305 e. The molecule has 0 aromatic heterocycles. The average molecular weight is 233 g/mol. The van der Waals surface area contributed by atoms with Crippen molar-refractivity contribution in [1.29, 1.82) is 5.26 Å². The van der Waals surface area contributed by atoms with Crippen molar-refractivity contribution in [1.82, 2.24) is 0 Å². The average Bonchev–Trinajstić information content (AvgIpc) is 2.35. The summed E-state index contributed by atoms with van der Waals surface area (Å²) in [5.74, 6) is 0.337. The van der Waals surface area contributed by atoms with Gasteiger partial charge in [-0.2, -0.15) is 5.26 Å². The lowest BCUT2D eigenvalue weighted by Crippen LogP contribution is -2.07. The number of hydrogen-bond acceptors (Lipinski definition) is 4. The molecule has 4 heteroatoms. The summed E-state index contributed by atoms with van der Waals surface area (Å²) in [7, 11) is 0. The highest BCUT2D eigenvalue weighted by Gasteiger charge is 2.03. The molecule has 1 rings (SSSR count). The number of carbonyl (C=O) groups is 1. The third-order valence-electron chi connectivity index (χ3n) is 2.10. The molecule has 90 valence electrons. The molecule has 0 heterocycles. The van der Waals surface area contributed by atoms with Crippen molar-refractivity contribution < 1.29 is 14.3 Å². The fourth-order valence-corrected chi connectivity index (χ4v) is 1.32. The van der Waals surface area contributed by atoms with Crippen LogP contribution in [0.5, 0.6) is 5.75 Å². The van der Waals surface area contributed by atoms with E-state index in [1.54, 1.807) is 25.1 Å². The molecule has 17 heavy (non-hydrogen) atoms. The molecule has 0 bridgehead atoms.